The summed E-state index contributed by atoms with van der Waals surface area (Å²) in [5.74, 6) is 2.09. The van der Waals surface area contributed by atoms with Crippen molar-refractivity contribution in [1.82, 2.24) is 5.32 Å². The first-order chi connectivity index (χ1) is 8.69. The topological polar surface area (TPSA) is 55.1 Å². The summed E-state index contributed by atoms with van der Waals surface area (Å²) in [6, 6.07) is 0.251. The fourth-order valence-electron chi connectivity index (χ4n) is 3.49. The second kappa shape index (κ2) is 6.55. The van der Waals surface area contributed by atoms with Crippen molar-refractivity contribution < 1.29 is 4.79 Å². The lowest BCUT2D eigenvalue weighted by atomic mass is 9.81. The molecule has 0 aromatic heterocycles. The van der Waals surface area contributed by atoms with Gasteiger partial charge in [0.15, 0.2) is 0 Å². The first kappa shape index (κ1) is 13.9. The highest BCUT2D eigenvalue weighted by molar-refractivity contribution is 5.78. The van der Waals surface area contributed by atoms with Gasteiger partial charge >= 0.3 is 0 Å². The average molecular weight is 252 g/mol. The van der Waals surface area contributed by atoms with Gasteiger partial charge in [-0.1, -0.05) is 26.2 Å². The molecule has 2 fully saturated rings. The molecule has 0 aliphatic heterocycles. The summed E-state index contributed by atoms with van der Waals surface area (Å²) in [7, 11) is 0. The number of hydrogen-bond donors (Lipinski definition) is 2. The molecule has 0 aromatic carbocycles. The maximum atomic E-state index is 12.0. The molecule has 0 aromatic rings. The van der Waals surface area contributed by atoms with Crippen LogP contribution in [0.25, 0.3) is 0 Å². The molecule has 0 heterocycles. The van der Waals surface area contributed by atoms with Crippen LogP contribution in [-0.2, 0) is 4.79 Å². The quantitative estimate of drug-likeness (QED) is 0.807. The zero-order chi connectivity index (χ0) is 13.0. The van der Waals surface area contributed by atoms with Crippen LogP contribution in [0.4, 0.5) is 0 Å². The second-order valence-corrected chi connectivity index (χ2v) is 6.31. The number of carbonyl (C=O) groups excluding carboxylic acids is 1. The van der Waals surface area contributed by atoms with E-state index in [2.05, 4.69) is 12.2 Å². The largest absolute Gasteiger partial charge is 0.356 e. The minimum Gasteiger partial charge on any atom is -0.356 e. The number of carbonyl (C=O) groups is 1. The van der Waals surface area contributed by atoms with Crippen molar-refractivity contribution in [3.63, 3.8) is 0 Å². The molecule has 2 unspecified atom stereocenters. The lowest BCUT2D eigenvalue weighted by molar-refractivity contribution is -0.125. The van der Waals surface area contributed by atoms with E-state index in [-0.39, 0.29) is 17.9 Å². The first-order valence-electron chi connectivity index (χ1n) is 7.72. The van der Waals surface area contributed by atoms with Crippen LogP contribution in [-0.4, -0.2) is 18.5 Å². The molecule has 2 atom stereocenters. The van der Waals surface area contributed by atoms with Gasteiger partial charge in [-0.2, -0.15) is 0 Å². The number of nitrogens with two attached hydrogens (primary N) is 1. The smallest absolute Gasteiger partial charge is 0.223 e. The Morgan fingerprint density at radius 2 is 1.78 bits per heavy atom. The summed E-state index contributed by atoms with van der Waals surface area (Å²) in [5.41, 5.74) is 5.85. The molecule has 0 bridgehead atoms. The molecule has 3 heteroatoms. The molecule has 2 aliphatic rings. The number of amides is 1. The molecule has 3 N–H and O–H groups in total. The highest BCUT2D eigenvalue weighted by atomic mass is 16.1. The van der Waals surface area contributed by atoms with E-state index in [4.69, 9.17) is 5.73 Å². The maximum Gasteiger partial charge on any atom is 0.223 e. The van der Waals surface area contributed by atoms with E-state index in [0.29, 0.717) is 5.92 Å². The molecule has 0 saturated heterocycles. The van der Waals surface area contributed by atoms with Crippen LogP contribution in [0.15, 0.2) is 0 Å². The van der Waals surface area contributed by atoms with Crippen molar-refractivity contribution >= 4 is 5.91 Å². The van der Waals surface area contributed by atoms with Gasteiger partial charge in [0.05, 0.1) is 0 Å². The third-order valence-electron chi connectivity index (χ3n) is 4.95. The lowest BCUT2D eigenvalue weighted by Crippen LogP contribution is -2.35. The predicted octanol–water partition coefficient (Wildman–Crippen LogP) is 2.45. The minimum atomic E-state index is 0.187. The Bertz CT molecular complexity index is 272. The molecule has 0 spiro atoms. The van der Waals surface area contributed by atoms with Crippen molar-refractivity contribution in [2.24, 2.45) is 23.5 Å². The van der Waals surface area contributed by atoms with Gasteiger partial charge in [0.25, 0.3) is 0 Å². The number of nitrogens with one attached hydrogen (secondary N) is 1. The molecule has 104 valence electrons. The number of rotatable bonds is 4. The third-order valence-corrected chi connectivity index (χ3v) is 4.95. The van der Waals surface area contributed by atoms with Gasteiger partial charge in [0.1, 0.15) is 0 Å². The molecule has 0 radical (unpaired) electrons. The first-order valence-corrected chi connectivity index (χ1v) is 7.72. The van der Waals surface area contributed by atoms with E-state index in [1.54, 1.807) is 0 Å². The molecule has 3 nitrogen and oxygen atoms in total. The molecule has 2 rings (SSSR count). The van der Waals surface area contributed by atoms with Gasteiger partial charge in [0, 0.05) is 18.5 Å². The zero-order valence-electron chi connectivity index (χ0n) is 11.7. The number of hydrogen-bond acceptors (Lipinski definition) is 2. The standard InChI is InChI=1S/C15H28N2O/c1-2-11-3-5-12(6-4-11)10-17-15(18)13-7-8-14(16)9-13/h11-14H,2-10,16H2,1H3,(H,17,18). The SMILES string of the molecule is CCC1CCC(CNC(=O)C2CCC(N)C2)CC1. The second-order valence-electron chi connectivity index (χ2n) is 6.31. The van der Waals surface area contributed by atoms with Gasteiger partial charge < -0.3 is 11.1 Å². The van der Waals surface area contributed by atoms with Gasteiger partial charge in [-0.25, -0.2) is 0 Å². The van der Waals surface area contributed by atoms with Crippen LogP contribution >= 0.6 is 0 Å². The summed E-state index contributed by atoms with van der Waals surface area (Å²) in [6.45, 7) is 3.18. The van der Waals surface area contributed by atoms with Crippen LogP contribution < -0.4 is 11.1 Å². The lowest BCUT2D eigenvalue weighted by Gasteiger charge is -2.28. The monoisotopic (exact) mass is 252 g/mol. The third kappa shape index (κ3) is 3.71. The van der Waals surface area contributed by atoms with Gasteiger partial charge in [-0.05, 0) is 43.9 Å². The van der Waals surface area contributed by atoms with E-state index in [0.717, 1.165) is 31.7 Å². The van der Waals surface area contributed by atoms with E-state index in [1.165, 1.54) is 32.1 Å². The molecule has 1 amide bonds. The van der Waals surface area contributed by atoms with Crippen molar-refractivity contribution in [2.75, 3.05) is 6.54 Å². The van der Waals surface area contributed by atoms with Crippen molar-refractivity contribution in [3.8, 4) is 0 Å². The Morgan fingerprint density at radius 1 is 1.11 bits per heavy atom. The minimum absolute atomic E-state index is 0.187. The van der Waals surface area contributed by atoms with Crippen LogP contribution in [0.1, 0.15) is 58.3 Å². The summed E-state index contributed by atoms with van der Waals surface area (Å²) < 4.78 is 0. The van der Waals surface area contributed by atoms with E-state index >= 15 is 0 Å². The maximum absolute atomic E-state index is 12.0. The Morgan fingerprint density at radius 3 is 2.33 bits per heavy atom. The van der Waals surface area contributed by atoms with Crippen LogP contribution in [0.3, 0.4) is 0 Å². The van der Waals surface area contributed by atoms with Crippen molar-refractivity contribution in [1.29, 1.82) is 0 Å². The Balaban J connectivity index is 1.64. The molecular weight excluding hydrogens is 224 g/mol. The fraction of sp³-hybridized carbons (Fsp3) is 0.933. The molecule has 18 heavy (non-hydrogen) atoms. The summed E-state index contributed by atoms with van der Waals surface area (Å²) >= 11 is 0. The highest BCUT2D eigenvalue weighted by Gasteiger charge is 2.28. The Labute approximate surface area is 111 Å². The van der Waals surface area contributed by atoms with Gasteiger partial charge in [-0.15, -0.1) is 0 Å². The highest BCUT2D eigenvalue weighted by Crippen LogP contribution is 2.30. The van der Waals surface area contributed by atoms with E-state index in [9.17, 15) is 4.79 Å². The van der Waals surface area contributed by atoms with Gasteiger partial charge in [-0.3, -0.25) is 4.79 Å². The Hall–Kier alpha value is -0.570. The Kier molecular flexibility index (Phi) is 5.04. The summed E-state index contributed by atoms with van der Waals surface area (Å²) in [5, 5.41) is 3.15. The summed E-state index contributed by atoms with van der Waals surface area (Å²) in [4.78, 5) is 12.0. The zero-order valence-corrected chi connectivity index (χ0v) is 11.7. The fourth-order valence-corrected chi connectivity index (χ4v) is 3.49. The van der Waals surface area contributed by atoms with E-state index < -0.39 is 0 Å². The molecule has 2 aliphatic carbocycles. The van der Waals surface area contributed by atoms with E-state index in [1.807, 2.05) is 0 Å². The van der Waals surface area contributed by atoms with Crippen molar-refractivity contribution in [2.45, 2.75) is 64.3 Å². The van der Waals surface area contributed by atoms with Crippen LogP contribution in [0, 0.1) is 17.8 Å². The van der Waals surface area contributed by atoms with Crippen LogP contribution in [0.2, 0.25) is 0 Å². The van der Waals surface area contributed by atoms with Crippen molar-refractivity contribution in [3.05, 3.63) is 0 Å². The summed E-state index contributed by atoms with van der Waals surface area (Å²) in [6.07, 6.45) is 9.49. The normalized spacial score (nSPS) is 36.6. The predicted molar refractivity (Wildman–Crippen MR) is 74.1 cm³/mol. The molecule has 2 saturated carbocycles. The molecular formula is C15H28N2O. The average Bonchev–Trinajstić information content (AvgIpc) is 2.83. The van der Waals surface area contributed by atoms with Crippen LogP contribution in [0.5, 0.6) is 0 Å². The van der Waals surface area contributed by atoms with Gasteiger partial charge in [0.2, 0.25) is 5.91 Å².